The number of hydrogen-bond donors (Lipinski definition) is 1. The number of benzene rings is 1. The second kappa shape index (κ2) is 9.08. The van der Waals surface area contributed by atoms with Crippen LogP contribution in [0.2, 0.25) is 4.34 Å². The fraction of sp³-hybridized carbons (Fsp3) is 0.200. The largest absolute Gasteiger partial charge is 0.312 e. The van der Waals surface area contributed by atoms with Gasteiger partial charge in [0.15, 0.2) is 0 Å². The zero-order chi connectivity index (χ0) is 18.8. The first-order valence-electron chi connectivity index (χ1n) is 8.51. The smallest absolute Gasteiger partial charge is 0.266 e. The van der Waals surface area contributed by atoms with Crippen LogP contribution in [0, 0.1) is 11.3 Å². The molecule has 4 nitrogen and oxygen atoms in total. The molecule has 0 spiro atoms. The van der Waals surface area contributed by atoms with Crippen molar-refractivity contribution in [3.8, 4) is 6.07 Å². The topological polar surface area (TPSA) is 56.1 Å². The Bertz CT molecular complexity index is 1020. The van der Waals surface area contributed by atoms with Crippen molar-refractivity contribution in [3.63, 3.8) is 0 Å². The predicted molar refractivity (Wildman–Crippen MR) is 118 cm³/mol. The summed E-state index contributed by atoms with van der Waals surface area (Å²) < 4.78 is 0.572. The highest BCUT2D eigenvalue weighted by Gasteiger charge is 2.25. The zero-order valence-corrected chi connectivity index (χ0v) is 18.0. The SMILES string of the molecule is Cl.N#Cc1c(NC(=O)c2ccc(Cl)s2)sc2c1CCN(Cc1ccccc1)C2. The molecule has 8 heteroatoms. The highest BCUT2D eigenvalue weighted by molar-refractivity contribution is 7.18. The van der Waals surface area contributed by atoms with Crippen LogP contribution in [0.3, 0.4) is 0 Å². The molecule has 0 bridgehead atoms. The molecule has 1 aliphatic heterocycles. The number of carbonyl (C=O) groups excluding carboxylic acids is 1. The Hall–Kier alpha value is -1.88. The van der Waals surface area contributed by atoms with Gasteiger partial charge in [0, 0.05) is 24.5 Å². The predicted octanol–water partition coefficient (Wildman–Crippen LogP) is 5.57. The Morgan fingerprint density at radius 1 is 1.21 bits per heavy atom. The van der Waals surface area contributed by atoms with Crippen molar-refractivity contribution in [1.29, 1.82) is 5.26 Å². The van der Waals surface area contributed by atoms with Gasteiger partial charge in [-0.05, 0) is 29.7 Å². The average molecular weight is 450 g/mol. The number of thiophene rings is 2. The summed E-state index contributed by atoms with van der Waals surface area (Å²) >= 11 is 8.65. The van der Waals surface area contributed by atoms with E-state index in [1.807, 2.05) is 18.2 Å². The van der Waals surface area contributed by atoms with E-state index in [-0.39, 0.29) is 18.3 Å². The molecule has 0 atom stereocenters. The van der Waals surface area contributed by atoms with Gasteiger partial charge in [-0.2, -0.15) is 5.26 Å². The molecule has 0 saturated heterocycles. The third-order valence-corrected chi connectivity index (χ3v) is 6.88. The van der Waals surface area contributed by atoms with Crippen LogP contribution < -0.4 is 5.32 Å². The number of amides is 1. The molecule has 1 aromatic carbocycles. The molecule has 28 heavy (non-hydrogen) atoms. The third kappa shape index (κ3) is 4.40. The van der Waals surface area contributed by atoms with Crippen LogP contribution >= 0.6 is 46.7 Å². The van der Waals surface area contributed by atoms with E-state index in [9.17, 15) is 10.1 Å². The van der Waals surface area contributed by atoms with Crippen LogP contribution in [0.4, 0.5) is 5.00 Å². The summed E-state index contributed by atoms with van der Waals surface area (Å²) in [6.07, 6.45) is 0.822. The average Bonchev–Trinajstić information content (AvgIpc) is 3.25. The van der Waals surface area contributed by atoms with Gasteiger partial charge >= 0.3 is 0 Å². The summed E-state index contributed by atoms with van der Waals surface area (Å²) in [5, 5.41) is 13.2. The molecule has 0 fully saturated rings. The van der Waals surface area contributed by atoms with Crippen molar-refractivity contribution in [3.05, 3.63) is 73.2 Å². The summed E-state index contributed by atoms with van der Waals surface area (Å²) in [7, 11) is 0. The van der Waals surface area contributed by atoms with E-state index in [1.165, 1.54) is 28.2 Å². The lowest BCUT2D eigenvalue weighted by atomic mass is 10.0. The fourth-order valence-corrected chi connectivity index (χ4v) is 5.41. The minimum absolute atomic E-state index is 0. The van der Waals surface area contributed by atoms with Gasteiger partial charge in [0.05, 0.1) is 14.8 Å². The maximum atomic E-state index is 12.4. The second-order valence-electron chi connectivity index (χ2n) is 6.32. The van der Waals surface area contributed by atoms with Gasteiger partial charge in [-0.25, -0.2) is 0 Å². The van der Waals surface area contributed by atoms with E-state index in [4.69, 9.17) is 11.6 Å². The lowest BCUT2D eigenvalue weighted by molar-refractivity contribution is 0.103. The summed E-state index contributed by atoms with van der Waals surface area (Å²) in [5.41, 5.74) is 2.96. The molecule has 144 valence electrons. The van der Waals surface area contributed by atoms with Crippen LogP contribution in [0.15, 0.2) is 42.5 Å². The monoisotopic (exact) mass is 449 g/mol. The van der Waals surface area contributed by atoms with Crippen molar-refractivity contribution < 1.29 is 4.79 Å². The van der Waals surface area contributed by atoms with Gasteiger partial charge in [-0.1, -0.05) is 41.9 Å². The number of nitrogens with zero attached hydrogens (tertiary/aromatic N) is 2. The highest BCUT2D eigenvalue weighted by atomic mass is 35.5. The van der Waals surface area contributed by atoms with Gasteiger partial charge in [0.2, 0.25) is 0 Å². The molecule has 0 unspecified atom stereocenters. The Balaban J connectivity index is 0.00000225. The molecule has 1 aliphatic rings. The van der Waals surface area contributed by atoms with E-state index in [2.05, 4.69) is 28.4 Å². The first-order valence-corrected chi connectivity index (χ1v) is 10.5. The van der Waals surface area contributed by atoms with Gasteiger partial charge < -0.3 is 5.32 Å². The van der Waals surface area contributed by atoms with E-state index in [0.29, 0.717) is 19.8 Å². The van der Waals surface area contributed by atoms with Crippen LogP contribution in [-0.4, -0.2) is 17.4 Å². The van der Waals surface area contributed by atoms with Crippen molar-refractivity contribution >= 4 is 57.6 Å². The molecule has 3 aromatic rings. The van der Waals surface area contributed by atoms with Crippen molar-refractivity contribution in [2.24, 2.45) is 0 Å². The Morgan fingerprint density at radius 3 is 2.68 bits per heavy atom. The van der Waals surface area contributed by atoms with Gasteiger partial charge in [0.1, 0.15) is 11.1 Å². The third-order valence-electron chi connectivity index (χ3n) is 4.52. The Labute approximate surface area is 182 Å². The molecule has 0 aliphatic carbocycles. The fourth-order valence-electron chi connectivity index (χ4n) is 3.24. The number of hydrogen-bond acceptors (Lipinski definition) is 5. The number of anilines is 1. The van der Waals surface area contributed by atoms with Gasteiger partial charge in [-0.3, -0.25) is 9.69 Å². The Morgan fingerprint density at radius 2 is 2.00 bits per heavy atom. The maximum absolute atomic E-state index is 12.4. The van der Waals surface area contributed by atoms with E-state index < -0.39 is 0 Å². The summed E-state index contributed by atoms with van der Waals surface area (Å²) in [6.45, 7) is 2.58. The van der Waals surface area contributed by atoms with Gasteiger partial charge in [-0.15, -0.1) is 35.1 Å². The number of fused-ring (bicyclic) bond motifs is 1. The number of halogens is 2. The first kappa shape index (κ1) is 20.8. The first-order chi connectivity index (χ1) is 13.1. The molecule has 0 radical (unpaired) electrons. The van der Waals surface area contributed by atoms with Crippen LogP contribution in [0.1, 0.15) is 31.2 Å². The van der Waals surface area contributed by atoms with Crippen molar-refractivity contribution in [2.75, 3.05) is 11.9 Å². The van der Waals surface area contributed by atoms with Crippen molar-refractivity contribution in [2.45, 2.75) is 19.5 Å². The van der Waals surface area contributed by atoms with Gasteiger partial charge in [0.25, 0.3) is 5.91 Å². The lowest BCUT2D eigenvalue weighted by Gasteiger charge is -2.26. The maximum Gasteiger partial charge on any atom is 0.266 e. The molecule has 2 aromatic heterocycles. The minimum Gasteiger partial charge on any atom is -0.312 e. The van der Waals surface area contributed by atoms with Crippen LogP contribution in [-0.2, 0) is 19.5 Å². The second-order valence-corrected chi connectivity index (χ2v) is 9.14. The minimum atomic E-state index is -0.219. The lowest BCUT2D eigenvalue weighted by Crippen LogP contribution is -2.29. The molecule has 1 N–H and O–H groups in total. The Kier molecular flexibility index (Phi) is 6.76. The van der Waals surface area contributed by atoms with Crippen LogP contribution in [0.5, 0.6) is 0 Å². The number of nitrogens with one attached hydrogen (secondary N) is 1. The van der Waals surface area contributed by atoms with Crippen molar-refractivity contribution in [1.82, 2.24) is 4.90 Å². The number of carbonyl (C=O) groups is 1. The normalized spacial score (nSPS) is 13.3. The molecular formula is C20H17Cl2N3OS2. The summed E-state index contributed by atoms with van der Waals surface area (Å²) in [4.78, 5) is 16.5. The molecule has 3 heterocycles. The van der Waals surface area contributed by atoms with Crippen LogP contribution in [0.25, 0.3) is 0 Å². The number of nitriles is 1. The summed E-state index contributed by atoms with van der Waals surface area (Å²) in [5.74, 6) is -0.219. The summed E-state index contributed by atoms with van der Waals surface area (Å²) in [6, 6.07) is 16.1. The molecule has 1 amide bonds. The van der Waals surface area contributed by atoms with E-state index >= 15 is 0 Å². The molecule has 0 saturated carbocycles. The van der Waals surface area contributed by atoms with E-state index in [0.717, 1.165) is 36.5 Å². The molecule has 4 rings (SSSR count). The van der Waals surface area contributed by atoms with E-state index in [1.54, 1.807) is 12.1 Å². The number of rotatable bonds is 4. The zero-order valence-electron chi connectivity index (χ0n) is 14.8. The highest BCUT2D eigenvalue weighted by Crippen LogP contribution is 2.37. The molecular weight excluding hydrogens is 433 g/mol. The standard InChI is InChI=1S/C20H16ClN3OS2.ClH/c21-18-7-6-16(26-18)19(25)23-20-15(10-22)14-8-9-24(12-17(14)27-20)11-13-4-2-1-3-5-13;/h1-7H,8-9,11-12H2,(H,23,25);1H. The quantitative estimate of drug-likeness (QED) is 0.566.